The van der Waals surface area contributed by atoms with Crippen LogP contribution in [0.25, 0.3) is 22.4 Å². The van der Waals surface area contributed by atoms with Gasteiger partial charge in [0.05, 0.1) is 36.0 Å². The van der Waals surface area contributed by atoms with Gasteiger partial charge >= 0.3 is 5.97 Å². The Kier molecular flexibility index (Phi) is 6.41. The van der Waals surface area contributed by atoms with E-state index >= 15 is 0 Å². The SMILES string of the molecule is COc1cnc(-c2nn(Cc3c(Cl)ccc(C(=O)O)c3Cl)c3ccccc23)nc1Nc1ccncc1. The Labute approximate surface area is 215 Å². The van der Waals surface area contributed by atoms with Gasteiger partial charge in [-0.15, -0.1) is 0 Å². The number of carboxylic acid groups (broad SMARTS) is 1. The molecule has 2 N–H and O–H groups in total. The number of rotatable bonds is 7. The summed E-state index contributed by atoms with van der Waals surface area (Å²) in [5.41, 5.74) is 2.52. The molecule has 2 aromatic carbocycles. The number of halogens is 2. The minimum atomic E-state index is -1.13. The van der Waals surface area contributed by atoms with Crippen LogP contribution in [-0.2, 0) is 6.54 Å². The molecular formula is C25H18Cl2N6O3. The molecule has 0 fully saturated rings. The smallest absolute Gasteiger partial charge is 0.337 e. The van der Waals surface area contributed by atoms with Crippen LogP contribution >= 0.6 is 23.2 Å². The van der Waals surface area contributed by atoms with E-state index in [1.54, 1.807) is 30.4 Å². The molecule has 0 unspecified atom stereocenters. The number of hydrogen-bond donors (Lipinski definition) is 2. The third-order valence-electron chi connectivity index (χ3n) is 5.51. The van der Waals surface area contributed by atoms with Gasteiger partial charge in [0.25, 0.3) is 0 Å². The van der Waals surface area contributed by atoms with Crippen molar-refractivity contribution >= 4 is 51.6 Å². The van der Waals surface area contributed by atoms with Gasteiger partial charge in [-0.05, 0) is 30.3 Å². The molecule has 0 amide bonds. The number of anilines is 2. The first-order valence-corrected chi connectivity index (χ1v) is 11.5. The summed E-state index contributed by atoms with van der Waals surface area (Å²) >= 11 is 12.8. The minimum Gasteiger partial charge on any atom is -0.491 e. The van der Waals surface area contributed by atoms with Crippen molar-refractivity contribution in [2.75, 3.05) is 12.4 Å². The number of nitrogens with one attached hydrogen (secondary N) is 1. The molecular weight excluding hydrogens is 503 g/mol. The minimum absolute atomic E-state index is 0.0296. The quantitative estimate of drug-likeness (QED) is 0.281. The zero-order chi connectivity index (χ0) is 25.2. The highest BCUT2D eigenvalue weighted by Crippen LogP contribution is 2.33. The Morgan fingerprint density at radius 3 is 2.64 bits per heavy atom. The maximum Gasteiger partial charge on any atom is 0.337 e. The van der Waals surface area contributed by atoms with Crippen LogP contribution in [0.2, 0.25) is 10.0 Å². The largest absolute Gasteiger partial charge is 0.491 e. The van der Waals surface area contributed by atoms with Gasteiger partial charge in [0.15, 0.2) is 17.4 Å². The van der Waals surface area contributed by atoms with E-state index in [1.807, 2.05) is 36.4 Å². The maximum atomic E-state index is 11.6. The molecule has 5 aromatic rings. The van der Waals surface area contributed by atoms with Gasteiger partial charge in [0.2, 0.25) is 0 Å². The van der Waals surface area contributed by atoms with Gasteiger partial charge in [-0.2, -0.15) is 5.10 Å². The van der Waals surface area contributed by atoms with E-state index in [9.17, 15) is 9.90 Å². The lowest BCUT2D eigenvalue weighted by Crippen LogP contribution is -2.07. The van der Waals surface area contributed by atoms with E-state index in [1.165, 1.54) is 12.1 Å². The first-order valence-electron chi connectivity index (χ1n) is 10.7. The Balaban J connectivity index is 1.60. The molecule has 5 rings (SSSR count). The van der Waals surface area contributed by atoms with E-state index in [0.717, 1.165) is 16.6 Å². The standard InChI is InChI=1S/C25H18Cl2N6O3/c1-36-20-12-29-24(31-23(20)30-14-8-10-28-11-9-14)22-15-4-2-3-5-19(15)33(32-22)13-17-18(26)7-6-16(21(17)27)25(34)35/h2-12H,13H2,1H3,(H,34,35)(H,28,29,30,31). The second-order valence-electron chi connectivity index (χ2n) is 7.69. The number of aromatic carboxylic acids is 1. The lowest BCUT2D eigenvalue weighted by molar-refractivity contribution is 0.0697. The van der Waals surface area contributed by atoms with Crippen molar-refractivity contribution in [3.63, 3.8) is 0 Å². The van der Waals surface area contributed by atoms with Gasteiger partial charge in [-0.3, -0.25) is 9.67 Å². The monoisotopic (exact) mass is 520 g/mol. The Hall–Kier alpha value is -4.21. The fraction of sp³-hybridized carbons (Fsp3) is 0.0800. The second-order valence-corrected chi connectivity index (χ2v) is 8.47. The zero-order valence-electron chi connectivity index (χ0n) is 18.8. The van der Waals surface area contributed by atoms with Crippen LogP contribution in [0.4, 0.5) is 11.5 Å². The lowest BCUT2D eigenvalue weighted by Gasteiger charge is -2.11. The lowest BCUT2D eigenvalue weighted by atomic mass is 10.1. The van der Waals surface area contributed by atoms with Crippen molar-refractivity contribution in [3.05, 3.63) is 88.3 Å². The Morgan fingerprint density at radius 1 is 1.11 bits per heavy atom. The first-order chi connectivity index (χ1) is 17.5. The van der Waals surface area contributed by atoms with Crippen molar-refractivity contribution in [2.24, 2.45) is 0 Å². The first kappa shape index (κ1) is 23.5. The number of carboxylic acids is 1. The molecule has 0 atom stereocenters. The van der Waals surface area contributed by atoms with Crippen molar-refractivity contribution in [2.45, 2.75) is 6.54 Å². The molecule has 11 heteroatoms. The molecule has 0 radical (unpaired) electrons. The van der Waals surface area contributed by atoms with Gasteiger partial charge in [-0.25, -0.2) is 14.8 Å². The highest BCUT2D eigenvalue weighted by molar-refractivity contribution is 6.37. The molecule has 0 aliphatic heterocycles. The Morgan fingerprint density at radius 2 is 1.89 bits per heavy atom. The van der Waals surface area contributed by atoms with Crippen molar-refractivity contribution in [1.29, 1.82) is 0 Å². The summed E-state index contributed by atoms with van der Waals surface area (Å²) in [7, 11) is 1.54. The number of fused-ring (bicyclic) bond motifs is 1. The van der Waals surface area contributed by atoms with Crippen LogP contribution in [-0.4, -0.2) is 42.9 Å². The van der Waals surface area contributed by atoms with Crippen LogP contribution in [0.15, 0.2) is 67.1 Å². The summed E-state index contributed by atoms with van der Waals surface area (Å²) in [6.45, 7) is 0.150. The van der Waals surface area contributed by atoms with Crippen LogP contribution in [0.5, 0.6) is 5.75 Å². The third-order valence-corrected chi connectivity index (χ3v) is 6.30. The number of hydrogen-bond acceptors (Lipinski definition) is 7. The van der Waals surface area contributed by atoms with Crippen LogP contribution < -0.4 is 10.1 Å². The molecule has 0 bridgehead atoms. The number of aromatic nitrogens is 5. The molecule has 36 heavy (non-hydrogen) atoms. The summed E-state index contributed by atoms with van der Waals surface area (Å²) in [6.07, 6.45) is 4.91. The van der Waals surface area contributed by atoms with Crippen molar-refractivity contribution in [3.8, 4) is 17.3 Å². The van der Waals surface area contributed by atoms with E-state index in [0.29, 0.717) is 33.7 Å². The number of benzene rings is 2. The van der Waals surface area contributed by atoms with Crippen molar-refractivity contribution < 1.29 is 14.6 Å². The number of carbonyl (C=O) groups is 1. The average Bonchev–Trinajstić information content (AvgIpc) is 3.25. The summed E-state index contributed by atoms with van der Waals surface area (Å²) in [6, 6.07) is 14.1. The summed E-state index contributed by atoms with van der Waals surface area (Å²) in [5.74, 6) is 0.166. The molecule has 3 heterocycles. The van der Waals surface area contributed by atoms with Gasteiger partial charge < -0.3 is 15.2 Å². The predicted molar refractivity (Wildman–Crippen MR) is 137 cm³/mol. The maximum absolute atomic E-state index is 11.6. The highest BCUT2D eigenvalue weighted by Gasteiger charge is 2.20. The van der Waals surface area contributed by atoms with E-state index in [2.05, 4.69) is 20.3 Å². The van der Waals surface area contributed by atoms with E-state index in [4.69, 9.17) is 33.0 Å². The normalized spacial score (nSPS) is 11.0. The predicted octanol–water partition coefficient (Wildman–Crippen LogP) is 5.69. The molecule has 3 aromatic heterocycles. The molecule has 0 spiro atoms. The Bertz CT molecular complexity index is 1590. The fourth-order valence-electron chi connectivity index (χ4n) is 3.77. The van der Waals surface area contributed by atoms with Crippen LogP contribution in [0.1, 0.15) is 15.9 Å². The van der Waals surface area contributed by atoms with Gasteiger partial charge in [-0.1, -0.05) is 41.4 Å². The zero-order valence-corrected chi connectivity index (χ0v) is 20.3. The number of methoxy groups -OCH3 is 1. The summed E-state index contributed by atoms with van der Waals surface area (Å²) < 4.78 is 7.13. The third kappa shape index (κ3) is 4.41. The number of para-hydroxylation sites is 1. The molecule has 0 saturated heterocycles. The van der Waals surface area contributed by atoms with Gasteiger partial charge in [0, 0.05) is 34.1 Å². The average molecular weight is 521 g/mol. The molecule has 0 aliphatic rings. The molecule has 0 saturated carbocycles. The van der Waals surface area contributed by atoms with E-state index in [-0.39, 0.29) is 17.1 Å². The van der Waals surface area contributed by atoms with Crippen LogP contribution in [0.3, 0.4) is 0 Å². The highest BCUT2D eigenvalue weighted by atomic mass is 35.5. The second kappa shape index (κ2) is 9.80. The summed E-state index contributed by atoms with van der Waals surface area (Å²) in [5, 5.41) is 18.7. The number of pyridine rings is 1. The molecule has 180 valence electrons. The van der Waals surface area contributed by atoms with E-state index < -0.39 is 5.97 Å². The van der Waals surface area contributed by atoms with Crippen LogP contribution in [0, 0.1) is 0 Å². The summed E-state index contributed by atoms with van der Waals surface area (Å²) in [4.78, 5) is 24.7. The molecule has 9 nitrogen and oxygen atoms in total. The van der Waals surface area contributed by atoms with Crippen molar-refractivity contribution in [1.82, 2.24) is 24.7 Å². The topological polar surface area (TPSA) is 115 Å². The fourth-order valence-corrected chi connectivity index (χ4v) is 4.34. The van der Waals surface area contributed by atoms with Gasteiger partial charge in [0.1, 0.15) is 5.69 Å². The number of ether oxygens (including phenoxy) is 1. The number of nitrogens with zero attached hydrogens (tertiary/aromatic N) is 5. The molecule has 0 aliphatic carbocycles.